The first-order valence-corrected chi connectivity index (χ1v) is 9.23. The van der Waals surface area contributed by atoms with Gasteiger partial charge in [0.2, 0.25) is 17.7 Å². The number of allylic oxidation sites excluding steroid dienone is 1. The smallest absolute Gasteiger partial charge is 0.259 e. The maximum atomic E-state index is 8.60. The van der Waals surface area contributed by atoms with Gasteiger partial charge in [-0.05, 0) is 36.6 Å². The summed E-state index contributed by atoms with van der Waals surface area (Å²) in [5.41, 5.74) is 8.07. The largest absolute Gasteiger partial charge is 0.493 e. The van der Waals surface area contributed by atoms with Gasteiger partial charge in [0, 0.05) is 12.2 Å². The summed E-state index contributed by atoms with van der Waals surface area (Å²) in [6.07, 6.45) is 3.46. The van der Waals surface area contributed by atoms with E-state index >= 15 is 0 Å². The van der Waals surface area contributed by atoms with Crippen molar-refractivity contribution in [1.29, 1.82) is 5.26 Å². The third-order valence-electron chi connectivity index (χ3n) is 4.09. The average Bonchev–Trinajstić information content (AvgIpc) is 3.16. The maximum absolute atomic E-state index is 8.60. The van der Waals surface area contributed by atoms with E-state index in [2.05, 4.69) is 36.8 Å². The van der Waals surface area contributed by atoms with Gasteiger partial charge in [-0.1, -0.05) is 19.1 Å². The molecule has 0 bridgehead atoms. The van der Waals surface area contributed by atoms with Gasteiger partial charge >= 0.3 is 0 Å². The molecule has 3 rings (SSSR count). The van der Waals surface area contributed by atoms with Crippen molar-refractivity contribution in [2.24, 2.45) is 0 Å². The van der Waals surface area contributed by atoms with Gasteiger partial charge in [0.15, 0.2) is 5.76 Å². The predicted octanol–water partition coefficient (Wildman–Crippen LogP) is 2.09. The Morgan fingerprint density at radius 3 is 2.72 bits per heavy atom. The van der Waals surface area contributed by atoms with Crippen LogP contribution in [0.1, 0.15) is 24.7 Å². The number of nitrogens with two attached hydrogens (primary N) is 1. The lowest BCUT2D eigenvalue weighted by atomic mass is 10.1. The third-order valence-corrected chi connectivity index (χ3v) is 4.09. The lowest BCUT2D eigenvalue weighted by Crippen LogP contribution is -2.12. The van der Waals surface area contributed by atoms with Crippen LogP contribution in [0.3, 0.4) is 0 Å². The molecule has 29 heavy (non-hydrogen) atoms. The van der Waals surface area contributed by atoms with Gasteiger partial charge in [0.05, 0.1) is 13.2 Å². The van der Waals surface area contributed by atoms with Gasteiger partial charge in [0.25, 0.3) is 5.78 Å². The summed E-state index contributed by atoms with van der Waals surface area (Å²) < 4.78 is 6.70. The number of nitriles is 1. The van der Waals surface area contributed by atoms with Crippen molar-refractivity contribution >= 4 is 29.1 Å². The molecular formula is C19H23N9O. The Morgan fingerprint density at radius 2 is 2.03 bits per heavy atom. The van der Waals surface area contributed by atoms with Crippen molar-refractivity contribution in [1.82, 2.24) is 24.6 Å². The number of hydrogen-bond acceptors (Lipinski definition) is 9. The molecule has 3 aromatic rings. The second kappa shape index (κ2) is 9.36. The standard InChI is InChI=1S/C19H23N9O/c1-3-4-15(29-2)16-24-19-26-18(25-17(21)28(19)27-16)23-11-9-13-5-7-14(8-6-13)22-12-10-20/h4-8,22H,3,9,11-12H2,1-2H3,(H3,21,23,24,25,26,27)/b15-4-. The molecule has 0 spiro atoms. The van der Waals surface area contributed by atoms with Gasteiger partial charge in [-0.2, -0.15) is 24.7 Å². The van der Waals surface area contributed by atoms with E-state index in [0.29, 0.717) is 29.9 Å². The second-order valence-electron chi connectivity index (χ2n) is 6.12. The SMILES string of the molecule is CC/C=C(\OC)c1nc2nc(NCCc3ccc(NCC#N)cc3)nc(N)n2n1. The summed E-state index contributed by atoms with van der Waals surface area (Å²) >= 11 is 0. The lowest BCUT2D eigenvalue weighted by molar-refractivity contribution is 0.365. The number of ether oxygens (including phenoxy) is 1. The Labute approximate surface area is 168 Å². The Bertz CT molecular complexity index is 1030. The highest BCUT2D eigenvalue weighted by Gasteiger charge is 2.14. The molecule has 0 aliphatic heterocycles. The fourth-order valence-corrected chi connectivity index (χ4v) is 2.69. The number of methoxy groups -OCH3 is 1. The zero-order valence-electron chi connectivity index (χ0n) is 16.4. The summed E-state index contributed by atoms with van der Waals surface area (Å²) in [7, 11) is 1.57. The van der Waals surface area contributed by atoms with Crippen molar-refractivity contribution in [3.8, 4) is 6.07 Å². The predicted molar refractivity (Wildman–Crippen MR) is 111 cm³/mol. The van der Waals surface area contributed by atoms with Crippen LogP contribution in [0.4, 0.5) is 17.6 Å². The molecule has 2 aromatic heterocycles. The molecule has 4 N–H and O–H groups in total. The number of nitrogen functional groups attached to an aromatic ring is 1. The summed E-state index contributed by atoms with van der Waals surface area (Å²) in [5, 5.41) is 19.1. The Kier molecular flexibility index (Phi) is 6.42. The van der Waals surface area contributed by atoms with Crippen LogP contribution in [0.2, 0.25) is 0 Å². The third kappa shape index (κ3) is 4.90. The van der Waals surface area contributed by atoms with Gasteiger partial charge in [-0.15, -0.1) is 5.10 Å². The quantitative estimate of drug-likeness (QED) is 0.368. The van der Waals surface area contributed by atoms with Gasteiger partial charge < -0.3 is 21.1 Å². The first-order valence-electron chi connectivity index (χ1n) is 9.23. The molecule has 0 saturated heterocycles. The van der Waals surface area contributed by atoms with E-state index in [1.165, 1.54) is 4.52 Å². The minimum absolute atomic E-state index is 0.191. The molecule has 2 heterocycles. The van der Waals surface area contributed by atoms with Crippen LogP contribution in [0.5, 0.6) is 0 Å². The molecule has 0 saturated carbocycles. The molecule has 0 radical (unpaired) electrons. The maximum Gasteiger partial charge on any atom is 0.259 e. The Balaban J connectivity index is 1.66. The molecule has 10 nitrogen and oxygen atoms in total. The molecule has 0 aliphatic rings. The number of nitrogens with zero attached hydrogens (tertiary/aromatic N) is 6. The van der Waals surface area contributed by atoms with Crippen LogP contribution in [0.15, 0.2) is 30.3 Å². The van der Waals surface area contributed by atoms with E-state index in [9.17, 15) is 0 Å². The number of anilines is 3. The highest BCUT2D eigenvalue weighted by Crippen LogP contribution is 2.15. The van der Waals surface area contributed by atoms with Gasteiger partial charge in [0.1, 0.15) is 6.54 Å². The number of benzene rings is 1. The van der Waals surface area contributed by atoms with Gasteiger partial charge in [-0.25, -0.2) is 0 Å². The van der Waals surface area contributed by atoms with Crippen molar-refractivity contribution in [3.05, 3.63) is 41.7 Å². The monoisotopic (exact) mass is 393 g/mol. The molecule has 0 aliphatic carbocycles. The number of nitrogens with one attached hydrogen (secondary N) is 2. The minimum Gasteiger partial charge on any atom is -0.493 e. The molecule has 0 amide bonds. The topological polar surface area (TPSA) is 139 Å². The number of fused-ring (bicyclic) bond motifs is 1. The highest BCUT2D eigenvalue weighted by atomic mass is 16.5. The van der Waals surface area contributed by atoms with Crippen molar-refractivity contribution in [2.45, 2.75) is 19.8 Å². The normalized spacial score (nSPS) is 11.3. The number of hydrogen-bond donors (Lipinski definition) is 3. The fourth-order valence-electron chi connectivity index (χ4n) is 2.69. The van der Waals surface area contributed by atoms with Gasteiger partial charge in [-0.3, -0.25) is 0 Å². The first kappa shape index (κ1) is 19.9. The molecule has 10 heteroatoms. The van der Waals surface area contributed by atoms with Crippen LogP contribution in [0, 0.1) is 11.3 Å². The molecule has 0 unspecified atom stereocenters. The van der Waals surface area contributed by atoms with Crippen LogP contribution < -0.4 is 16.4 Å². The molecule has 0 fully saturated rings. The molecule has 150 valence electrons. The summed E-state index contributed by atoms with van der Waals surface area (Å²) in [4.78, 5) is 13.0. The van der Waals surface area contributed by atoms with Crippen LogP contribution in [-0.2, 0) is 11.2 Å². The first-order chi connectivity index (χ1) is 14.1. The Hall–Kier alpha value is -3.87. The molecular weight excluding hydrogens is 370 g/mol. The van der Waals surface area contributed by atoms with E-state index in [0.717, 1.165) is 24.1 Å². The van der Waals surface area contributed by atoms with E-state index < -0.39 is 0 Å². The van der Waals surface area contributed by atoms with E-state index in [4.69, 9.17) is 15.7 Å². The number of aromatic nitrogens is 5. The highest BCUT2D eigenvalue weighted by molar-refractivity contribution is 5.55. The fraction of sp³-hybridized carbons (Fsp3) is 0.316. The number of rotatable bonds is 9. The summed E-state index contributed by atoms with van der Waals surface area (Å²) in [6.45, 7) is 2.91. The summed E-state index contributed by atoms with van der Waals surface area (Å²) in [5.74, 6) is 1.91. The van der Waals surface area contributed by atoms with Crippen LogP contribution in [-0.4, -0.2) is 44.8 Å². The van der Waals surface area contributed by atoms with Crippen molar-refractivity contribution in [2.75, 3.05) is 36.6 Å². The van der Waals surface area contributed by atoms with Crippen molar-refractivity contribution < 1.29 is 4.74 Å². The average molecular weight is 393 g/mol. The molecule has 0 atom stereocenters. The van der Waals surface area contributed by atoms with E-state index in [-0.39, 0.29) is 12.5 Å². The second-order valence-corrected chi connectivity index (χ2v) is 6.12. The summed E-state index contributed by atoms with van der Waals surface area (Å²) in [6, 6.07) is 9.97. The zero-order chi connectivity index (χ0) is 20.6. The lowest BCUT2D eigenvalue weighted by Gasteiger charge is -2.07. The molecule has 1 aromatic carbocycles. The Morgan fingerprint density at radius 1 is 1.24 bits per heavy atom. The van der Waals surface area contributed by atoms with Crippen LogP contribution in [0.25, 0.3) is 11.5 Å². The minimum atomic E-state index is 0.191. The van der Waals surface area contributed by atoms with E-state index in [1.807, 2.05) is 37.3 Å². The zero-order valence-corrected chi connectivity index (χ0v) is 16.4. The van der Waals surface area contributed by atoms with E-state index in [1.54, 1.807) is 7.11 Å². The van der Waals surface area contributed by atoms with Crippen molar-refractivity contribution in [3.63, 3.8) is 0 Å². The van der Waals surface area contributed by atoms with Crippen LogP contribution >= 0.6 is 0 Å².